The van der Waals surface area contributed by atoms with Gasteiger partial charge in [-0.05, 0) is 49.1 Å². The van der Waals surface area contributed by atoms with Crippen molar-refractivity contribution in [3.05, 3.63) is 23.3 Å². The third-order valence-electron chi connectivity index (χ3n) is 4.39. The van der Waals surface area contributed by atoms with Gasteiger partial charge in [-0.2, -0.15) is 0 Å². The van der Waals surface area contributed by atoms with Crippen molar-refractivity contribution in [1.29, 1.82) is 0 Å². The van der Waals surface area contributed by atoms with Gasteiger partial charge in [-0.25, -0.2) is 0 Å². The lowest BCUT2D eigenvalue weighted by atomic mass is 9.83. The Morgan fingerprint density at radius 3 is 2.89 bits per heavy atom. The summed E-state index contributed by atoms with van der Waals surface area (Å²) in [6.07, 6.45) is 3.48. The lowest BCUT2D eigenvalue weighted by Gasteiger charge is -2.35. The van der Waals surface area contributed by atoms with E-state index in [2.05, 4.69) is 17.4 Å². The zero-order chi connectivity index (χ0) is 12.7. The number of hydrogen-bond acceptors (Lipinski definition) is 4. The maximum atomic E-state index is 5.65. The van der Waals surface area contributed by atoms with Crippen molar-refractivity contribution in [1.82, 2.24) is 5.32 Å². The van der Waals surface area contributed by atoms with E-state index in [1.165, 1.54) is 24.0 Å². The van der Waals surface area contributed by atoms with Crippen LogP contribution in [-0.4, -0.2) is 26.6 Å². The molecule has 1 N–H and O–H groups in total. The van der Waals surface area contributed by atoms with Crippen molar-refractivity contribution in [3.63, 3.8) is 0 Å². The highest BCUT2D eigenvalue weighted by Crippen LogP contribution is 2.41. The van der Waals surface area contributed by atoms with Gasteiger partial charge in [0.1, 0.15) is 0 Å². The van der Waals surface area contributed by atoms with E-state index in [1.807, 2.05) is 0 Å². The van der Waals surface area contributed by atoms with Gasteiger partial charge in [-0.1, -0.05) is 0 Å². The molecule has 3 aliphatic rings. The van der Waals surface area contributed by atoms with Crippen molar-refractivity contribution in [2.24, 2.45) is 5.92 Å². The van der Waals surface area contributed by atoms with E-state index in [9.17, 15) is 0 Å². The topological polar surface area (TPSA) is 39.7 Å². The molecule has 1 aromatic rings. The molecule has 4 heteroatoms. The number of fused-ring (bicyclic) bond motifs is 2. The maximum absolute atomic E-state index is 5.65. The van der Waals surface area contributed by atoms with Crippen LogP contribution in [0.1, 0.15) is 30.0 Å². The van der Waals surface area contributed by atoms with E-state index in [1.54, 1.807) is 0 Å². The molecule has 0 aromatic heterocycles. The van der Waals surface area contributed by atoms with Gasteiger partial charge in [-0.15, -0.1) is 0 Å². The number of hydrogen-bond donors (Lipinski definition) is 1. The Bertz CT molecular complexity index is 483. The minimum absolute atomic E-state index is 0.350. The molecular formula is C15H19NO3. The van der Waals surface area contributed by atoms with E-state index >= 15 is 0 Å². The summed E-state index contributed by atoms with van der Waals surface area (Å²) in [7, 11) is 0. The average molecular weight is 261 g/mol. The molecule has 1 saturated heterocycles. The van der Waals surface area contributed by atoms with Crippen molar-refractivity contribution < 1.29 is 14.2 Å². The molecule has 1 aromatic carbocycles. The first-order valence-corrected chi connectivity index (χ1v) is 7.15. The lowest BCUT2D eigenvalue weighted by Crippen LogP contribution is -2.38. The molecule has 2 unspecified atom stereocenters. The van der Waals surface area contributed by atoms with Crippen molar-refractivity contribution in [2.75, 3.05) is 26.6 Å². The Kier molecular flexibility index (Phi) is 2.85. The average Bonchev–Trinajstić information content (AvgIpc) is 2.92. The standard InChI is InChI=1S/C15H19NO3/c1-2-11(8-17-5-1)15-12-7-14-13(18-9-19-14)6-10(12)3-4-16-15/h6-7,11,15-16H,1-5,8-9H2. The smallest absolute Gasteiger partial charge is 0.231 e. The molecule has 1 fully saturated rings. The number of benzene rings is 1. The number of rotatable bonds is 1. The summed E-state index contributed by atoms with van der Waals surface area (Å²) in [5, 5.41) is 3.66. The second-order valence-corrected chi connectivity index (χ2v) is 5.56. The minimum Gasteiger partial charge on any atom is -0.454 e. The normalized spacial score (nSPS) is 29.1. The summed E-state index contributed by atoms with van der Waals surface area (Å²) in [6.45, 7) is 3.17. The number of ether oxygens (including phenoxy) is 3. The van der Waals surface area contributed by atoms with Crippen LogP contribution < -0.4 is 14.8 Å². The second kappa shape index (κ2) is 4.69. The molecule has 4 rings (SSSR count). The van der Waals surface area contributed by atoms with Gasteiger partial charge in [0.2, 0.25) is 6.79 Å². The Balaban J connectivity index is 1.69. The zero-order valence-electron chi connectivity index (χ0n) is 11.0. The first kappa shape index (κ1) is 11.6. The van der Waals surface area contributed by atoms with E-state index in [0.717, 1.165) is 37.7 Å². The summed E-state index contributed by atoms with van der Waals surface area (Å²) < 4.78 is 16.6. The monoisotopic (exact) mass is 261 g/mol. The molecule has 0 saturated carbocycles. The molecule has 0 aliphatic carbocycles. The highest BCUT2D eigenvalue weighted by atomic mass is 16.7. The van der Waals surface area contributed by atoms with Gasteiger partial charge in [0.15, 0.2) is 11.5 Å². The molecule has 0 bridgehead atoms. The molecule has 0 spiro atoms. The number of nitrogens with one attached hydrogen (secondary N) is 1. The highest BCUT2D eigenvalue weighted by molar-refractivity contribution is 5.50. The van der Waals surface area contributed by atoms with Gasteiger partial charge in [0.05, 0.1) is 6.61 Å². The van der Waals surface area contributed by atoms with Gasteiger partial charge in [0.25, 0.3) is 0 Å². The first-order chi connectivity index (χ1) is 9.42. The molecule has 19 heavy (non-hydrogen) atoms. The van der Waals surface area contributed by atoms with Crippen LogP contribution in [0.15, 0.2) is 12.1 Å². The van der Waals surface area contributed by atoms with Crippen LogP contribution in [-0.2, 0) is 11.2 Å². The molecule has 0 amide bonds. The summed E-state index contributed by atoms with van der Waals surface area (Å²) in [6, 6.07) is 4.73. The third-order valence-corrected chi connectivity index (χ3v) is 4.39. The van der Waals surface area contributed by atoms with Crippen molar-refractivity contribution in [2.45, 2.75) is 25.3 Å². The molecule has 0 radical (unpaired) electrons. The SMILES string of the molecule is c1c2c(cc3c1OCO3)C(C1CCCOC1)NCC2. The van der Waals surface area contributed by atoms with Crippen LogP contribution in [0, 0.1) is 5.92 Å². The Labute approximate surface area is 113 Å². The predicted molar refractivity (Wildman–Crippen MR) is 70.6 cm³/mol. The van der Waals surface area contributed by atoms with Gasteiger partial charge in [0, 0.05) is 18.6 Å². The molecule has 3 heterocycles. The minimum atomic E-state index is 0.350. The van der Waals surface area contributed by atoms with Crippen LogP contribution in [0.3, 0.4) is 0 Å². The maximum Gasteiger partial charge on any atom is 0.231 e. The Morgan fingerprint density at radius 1 is 1.16 bits per heavy atom. The lowest BCUT2D eigenvalue weighted by molar-refractivity contribution is 0.0380. The fourth-order valence-corrected chi connectivity index (χ4v) is 3.43. The fourth-order valence-electron chi connectivity index (χ4n) is 3.43. The van der Waals surface area contributed by atoms with Crippen LogP contribution in [0.4, 0.5) is 0 Å². The summed E-state index contributed by atoms with van der Waals surface area (Å²) in [4.78, 5) is 0. The largest absolute Gasteiger partial charge is 0.454 e. The third kappa shape index (κ3) is 1.99. The summed E-state index contributed by atoms with van der Waals surface area (Å²) in [5.74, 6) is 2.37. The van der Waals surface area contributed by atoms with E-state index in [-0.39, 0.29) is 0 Å². The summed E-state index contributed by atoms with van der Waals surface area (Å²) >= 11 is 0. The van der Waals surface area contributed by atoms with Crippen LogP contribution in [0.5, 0.6) is 11.5 Å². The molecule has 102 valence electrons. The van der Waals surface area contributed by atoms with Gasteiger partial charge in [-0.3, -0.25) is 0 Å². The Morgan fingerprint density at radius 2 is 2.05 bits per heavy atom. The van der Waals surface area contributed by atoms with Crippen molar-refractivity contribution in [3.8, 4) is 11.5 Å². The van der Waals surface area contributed by atoms with Crippen LogP contribution in [0.25, 0.3) is 0 Å². The van der Waals surface area contributed by atoms with Crippen LogP contribution in [0.2, 0.25) is 0 Å². The molecule has 3 aliphatic heterocycles. The quantitative estimate of drug-likeness (QED) is 0.839. The second-order valence-electron chi connectivity index (χ2n) is 5.56. The molecule has 2 atom stereocenters. The van der Waals surface area contributed by atoms with Gasteiger partial charge >= 0.3 is 0 Å². The van der Waals surface area contributed by atoms with Crippen LogP contribution >= 0.6 is 0 Å². The summed E-state index contributed by atoms with van der Waals surface area (Å²) in [5.41, 5.74) is 2.78. The van der Waals surface area contributed by atoms with E-state index in [4.69, 9.17) is 14.2 Å². The Hall–Kier alpha value is -1.26. The van der Waals surface area contributed by atoms with Gasteiger partial charge < -0.3 is 19.5 Å². The van der Waals surface area contributed by atoms with E-state index < -0.39 is 0 Å². The molecular weight excluding hydrogens is 242 g/mol. The zero-order valence-corrected chi connectivity index (χ0v) is 11.0. The van der Waals surface area contributed by atoms with E-state index in [0.29, 0.717) is 18.8 Å². The van der Waals surface area contributed by atoms with Crippen molar-refractivity contribution >= 4 is 0 Å². The molecule has 4 nitrogen and oxygen atoms in total. The highest BCUT2D eigenvalue weighted by Gasteiger charge is 2.31. The first-order valence-electron chi connectivity index (χ1n) is 7.15. The fraction of sp³-hybridized carbons (Fsp3) is 0.600. The predicted octanol–water partition coefficient (Wildman–Crippen LogP) is 2.03.